The van der Waals surface area contributed by atoms with Crippen molar-refractivity contribution < 1.29 is 19.2 Å². The molecule has 1 aliphatic heterocycles. The van der Waals surface area contributed by atoms with Gasteiger partial charge < -0.3 is 10.1 Å². The standard InChI is InChI=1S/C31H27ClN2O5/c1-19-28(31(36)39-16-15-20-5-3-2-4-6-20)29(22-9-13-25(14-10-22)34(37)38)30-26(33-19)17-23(18-27(30)35)21-7-11-24(32)12-8-21/h2-14,23,29,33H,15-18H2,1H3/t23-,29+/m0/s1. The Morgan fingerprint density at radius 3 is 2.33 bits per heavy atom. The molecule has 3 aromatic carbocycles. The maximum atomic E-state index is 13.7. The van der Waals surface area contributed by atoms with Crippen LogP contribution in [0.2, 0.25) is 5.02 Å². The number of hydrogen-bond donors (Lipinski definition) is 1. The van der Waals surface area contributed by atoms with E-state index in [4.69, 9.17) is 16.3 Å². The molecule has 1 aliphatic carbocycles. The number of esters is 1. The monoisotopic (exact) mass is 542 g/mol. The van der Waals surface area contributed by atoms with Gasteiger partial charge in [0.2, 0.25) is 0 Å². The molecule has 7 nitrogen and oxygen atoms in total. The van der Waals surface area contributed by atoms with Gasteiger partial charge in [-0.15, -0.1) is 0 Å². The number of carbonyl (C=O) groups excluding carboxylic acids is 2. The number of dihydropyridines is 1. The van der Waals surface area contributed by atoms with Gasteiger partial charge in [0, 0.05) is 52.9 Å². The molecule has 2 atom stereocenters. The van der Waals surface area contributed by atoms with Crippen molar-refractivity contribution in [3.05, 3.63) is 133 Å². The minimum Gasteiger partial charge on any atom is -0.462 e. The Balaban J connectivity index is 1.48. The predicted octanol–water partition coefficient (Wildman–Crippen LogP) is 6.40. The molecule has 8 heteroatoms. The van der Waals surface area contributed by atoms with Crippen LogP contribution in [0.1, 0.15) is 48.3 Å². The first-order chi connectivity index (χ1) is 18.8. The van der Waals surface area contributed by atoms with Gasteiger partial charge >= 0.3 is 5.97 Å². The van der Waals surface area contributed by atoms with Crippen LogP contribution in [0, 0.1) is 10.1 Å². The van der Waals surface area contributed by atoms with E-state index in [0.717, 1.165) is 16.8 Å². The number of Topliss-reactive ketones (excluding diaryl/α,β-unsaturated/α-hetero) is 1. The van der Waals surface area contributed by atoms with Crippen molar-refractivity contribution in [3.63, 3.8) is 0 Å². The number of rotatable bonds is 7. The summed E-state index contributed by atoms with van der Waals surface area (Å²) in [7, 11) is 0. The molecule has 0 fully saturated rings. The first-order valence-corrected chi connectivity index (χ1v) is 13.1. The minimum atomic E-state index is -0.690. The fourth-order valence-corrected chi connectivity index (χ4v) is 5.51. The third-order valence-electron chi connectivity index (χ3n) is 7.29. The molecule has 0 amide bonds. The van der Waals surface area contributed by atoms with Gasteiger partial charge in [0.05, 0.1) is 17.1 Å². The number of non-ortho nitro benzene ring substituents is 1. The number of carbonyl (C=O) groups is 2. The molecule has 198 valence electrons. The van der Waals surface area contributed by atoms with Crippen molar-refractivity contribution in [1.82, 2.24) is 5.32 Å². The molecule has 0 radical (unpaired) electrons. The van der Waals surface area contributed by atoms with Gasteiger partial charge in [0.15, 0.2) is 5.78 Å². The predicted molar refractivity (Wildman–Crippen MR) is 148 cm³/mol. The summed E-state index contributed by atoms with van der Waals surface area (Å²) in [6, 6.07) is 23.2. The molecule has 0 saturated heterocycles. The first-order valence-electron chi connectivity index (χ1n) is 12.8. The lowest BCUT2D eigenvalue weighted by atomic mass is 9.71. The number of hydrogen-bond acceptors (Lipinski definition) is 6. The van der Waals surface area contributed by atoms with Crippen LogP contribution >= 0.6 is 11.6 Å². The van der Waals surface area contributed by atoms with Crippen LogP contribution in [0.3, 0.4) is 0 Å². The maximum Gasteiger partial charge on any atom is 0.336 e. The highest BCUT2D eigenvalue weighted by Gasteiger charge is 2.41. The number of nitrogens with zero attached hydrogens (tertiary/aromatic N) is 1. The summed E-state index contributed by atoms with van der Waals surface area (Å²) in [6.07, 6.45) is 1.42. The van der Waals surface area contributed by atoms with E-state index >= 15 is 0 Å². The lowest BCUT2D eigenvalue weighted by Gasteiger charge is -2.36. The van der Waals surface area contributed by atoms with E-state index < -0.39 is 16.8 Å². The normalized spacial score (nSPS) is 18.9. The average molecular weight is 543 g/mol. The number of halogens is 1. The number of ketones is 1. The van der Waals surface area contributed by atoms with Gasteiger partial charge in [-0.1, -0.05) is 66.2 Å². The number of benzene rings is 3. The van der Waals surface area contributed by atoms with Crippen LogP contribution < -0.4 is 5.32 Å². The average Bonchev–Trinajstić information content (AvgIpc) is 2.93. The topological polar surface area (TPSA) is 98.5 Å². The highest BCUT2D eigenvalue weighted by atomic mass is 35.5. The van der Waals surface area contributed by atoms with E-state index in [2.05, 4.69) is 5.32 Å². The molecule has 5 rings (SSSR count). The van der Waals surface area contributed by atoms with Crippen molar-refractivity contribution in [2.45, 2.75) is 38.0 Å². The highest BCUT2D eigenvalue weighted by Crippen LogP contribution is 2.46. The second kappa shape index (κ2) is 11.3. The zero-order valence-electron chi connectivity index (χ0n) is 21.4. The van der Waals surface area contributed by atoms with E-state index in [1.54, 1.807) is 19.1 Å². The summed E-state index contributed by atoms with van der Waals surface area (Å²) >= 11 is 6.06. The number of allylic oxidation sites excluding steroid dienone is 3. The van der Waals surface area contributed by atoms with E-state index in [9.17, 15) is 19.7 Å². The SMILES string of the molecule is CC1=C(C(=O)OCCc2ccccc2)[C@@H](c2ccc([N+](=O)[O-])cc2)C2=C(C[C@H](c3ccc(Cl)cc3)CC2=O)N1. The van der Waals surface area contributed by atoms with Crippen molar-refractivity contribution in [2.24, 2.45) is 0 Å². The number of nitro groups is 1. The zero-order valence-corrected chi connectivity index (χ0v) is 22.1. The molecule has 2 aliphatic rings. The Bertz CT molecular complexity index is 1480. The quantitative estimate of drug-likeness (QED) is 0.211. The summed E-state index contributed by atoms with van der Waals surface area (Å²) in [6.45, 7) is 1.98. The summed E-state index contributed by atoms with van der Waals surface area (Å²) in [5, 5.41) is 15.2. The molecular formula is C31H27ClN2O5. The van der Waals surface area contributed by atoms with Crippen LogP contribution in [0.4, 0.5) is 5.69 Å². The summed E-state index contributed by atoms with van der Waals surface area (Å²) in [5.74, 6) is -1.32. The fraction of sp³-hybridized carbons (Fsp3) is 0.226. The van der Waals surface area contributed by atoms with Crippen molar-refractivity contribution in [3.8, 4) is 0 Å². The van der Waals surface area contributed by atoms with Crippen LogP contribution in [0.15, 0.2) is 101 Å². The first kappa shape index (κ1) is 26.4. The lowest BCUT2D eigenvalue weighted by Crippen LogP contribution is -2.36. The number of nitrogens with one attached hydrogen (secondary N) is 1. The van der Waals surface area contributed by atoms with Crippen molar-refractivity contribution in [2.75, 3.05) is 6.61 Å². The van der Waals surface area contributed by atoms with Crippen LogP contribution in [0.25, 0.3) is 0 Å². The minimum absolute atomic E-state index is 0.0364. The molecule has 1 heterocycles. The maximum absolute atomic E-state index is 13.7. The van der Waals surface area contributed by atoms with Gasteiger partial charge in [0.25, 0.3) is 5.69 Å². The van der Waals surface area contributed by atoms with E-state index in [0.29, 0.717) is 40.3 Å². The molecule has 0 bridgehead atoms. The van der Waals surface area contributed by atoms with Gasteiger partial charge in [-0.2, -0.15) is 0 Å². The Labute approximate surface area is 231 Å². The number of ether oxygens (including phenoxy) is 1. The van der Waals surface area contributed by atoms with E-state index in [1.807, 2.05) is 54.6 Å². The summed E-state index contributed by atoms with van der Waals surface area (Å²) in [4.78, 5) is 38.0. The molecule has 0 saturated carbocycles. The summed E-state index contributed by atoms with van der Waals surface area (Å²) < 4.78 is 5.69. The van der Waals surface area contributed by atoms with Gasteiger partial charge in [-0.3, -0.25) is 14.9 Å². The smallest absolute Gasteiger partial charge is 0.336 e. The highest BCUT2D eigenvalue weighted by molar-refractivity contribution is 6.30. The Hall–Kier alpha value is -4.23. The molecule has 0 spiro atoms. The fourth-order valence-electron chi connectivity index (χ4n) is 5.39. The third-order valence-corrected chi connectivity index (χ3v) is 7.54. The second-order valence-corrected chi connectivity index (χ2v) is 10.2. The van der Waals surface area contributed by atoms with Gasteiger partial charge in [0.1, 0.15) is 0 Å². The Kier molecular flexibility index (Phi) is 7.61. The largest absolute Gasteiger partial charge is 0.462 e. The lowest BCUT2D eigenvalue weighted by molar-refractivity contribution is -0.384. The zero-order chi connectivity index (χ0) is 27.5. The van der Waals surface area contributed by atoms with Crippen LogP contribution in [-0.2, 0) is 20.7 Å². The molecule has 0 unspecified atom stereocenters. The van der Waals surface area contributed by atoms with E-state index in [1.165, 1.54) is 12.1 Å². The summed E-state index contributed by atoms with van der Waals surface area (Å²) in [5.41, 5.74) is 4.84. The Morgan fingerprint density at radius 2 is 1.67 bits per heavy atom. The molecule has 3 aromatic rings. The number of nitro benzene ring substituents is 1. The van der Waals surface area contributed by atoms with Crippen LogP contribution in [-0.4, -0.2) is 23.3 Å². The van der Waals surface area contributed by atoms with Gasteiger partial charge in [-0.25, -0.2) is 4.79 Å². The van der Waals surface area contributed by atoms with Gasteiger partial charge in [-0.05, 0) is 48.1 Å². The van der Waals surface area contributed by atoms with Crippen LogP contribution in [0.5, 0.6) is 0 Å². The molecule has 39 heavy (non-hydrogen) atoms. The molecule has 0 aromatic heterocycles. The third kappa shape index (κ3) is 5.64. The molecule has 1 N–H and O–H groups in total. The Morgan fingerprint density at radius 1 is 1.00 bits per heavy atom. The molecular weight excluding hydrogens is 516 g/mol. The second-order valence-electron chi connectivity index (χ2n) is 9.79. The van der Waals surface area contributed by atoms with E-state index in [-0.39, 0.29) is 30.4 Å². The van der Waals surface area contributed by atoms with Crippen molar-refractivity contribution in [1.29, 1.82) is 0 Å². The van der Waals surface area contributed by atoms with Crippen molar-refractivity contribution >= 4 is 29.0 Å².